The minimum atomic E-state index is -1.35. The van der Waals surface area contributed by atoms with Crippen molar-refractivity contribution < 1.29 is 14.3 Å². The summed E-state index contributed by atoms with van der Waals surface area (Å²) in [6.45, 7) is 6.38. The molecule has 1 rings (SSSR count). The molecule has 1 N–H and O–H groups in total. The Bertz CT molecular complexity index is 251. The molecule has 1 fully saturated rings. The second kappa shape index (κ2) is 4.35. The quantitative estimate of drug-likeness (QED) is 0.588. The van der Waals surface area contributed by atoms with Gasteiger partial charge in [-0.1, -0.05) is 31.4 Å². The molecule has 1 amide bonds. The number of amides is 1. The largest absolute Gasteiger partial charge is 0.468 e. The first kappa shape index (κ1) is 11.6. The van der Waals surface area contributed by atoms with Crippen LogP contribution in [0.4, 0.5) is 4.79 Å². The third-order valence-electron chi connectivity index (χ3n) is 1.61. The monoisotopic (exact) mass is 233 g/mol. The molecule has 6 heteroatoms. The summed E-state index contributed by atoms with van der Waals surface area (Å²) >= 11 is 1.13. The third-order valence-corrected chi connectivity index (χ3v) is 3.50. The zero-order chi connectivity index (χ0) is 10.8. The lowest BCUT2D eigenvalue weighted by molar-refractivity contribution is -0.143. The summed E-state index contributed by atoms with van der Waals surface area (Å²) < 4.78 is 5.13. The average Bonchev–Trinajstić information content (AvgIpc) is 2.46. The molecule has 80 valence electrons. The third kappa shape index (κ3) is 3.71. The Labute approximate surface area is 88.8 Å². The van der Waals surface area contributed by atoms with E-state index in [2.05, 4.69) is 25.0 Å². The first-order valence-corrected chi connectivity index (χ1v) is 9.18. The van der Waals surface area contributed by atoms with Gasteiger partial charge >= 0.3 is 5.97 Å². The molecular weight excluding hydrogens is 218 g/mol. The van der Waals surface area contributed by atoms with E-state index in [1.807, 2.05) is 0 Å². The van der Waals surface area contributed by atoms with Crippen molar-refractivity contribution in [2.24, 2.45) is 0 Å². The molecule has 1 aliphatic rings. The van der Waals surface area contributed by atoms with Crippen molar-refractivity contribution in [2.45, 2.75) is 25.7 Å². The fraction of sp³-hybridized carbons (Fsp3) is 0.750. The highest BCUT2D eigenvalue weighted by Gasteiger charge is 2.30. The molecule has 1 aliphatic heterocycles. The van der Waals surface area contributed by atoms with Crippen LogP contribution in [0.5, 0.6) is 0 Å². The number of esters is 1. The summed E-state index contributed by atoms with van der Waals surface area (Å²) in [5, 5.41) is 2.42. The van der Waals surface area contributed by atoms with Gasteiger partial charge in [0.1, 0.15) is 6.04 Å². The van der Waals surface area contributed by atoms with Crippen LogP contribution >= 0.6 is 11.8 Å². The number of hydrogen-bond donors (Lipinski definition) is 1. The van der Waals surface area contributed by atoms with Crippen LogP contribution in [-0.4, -0.2) is 37.3 Å². The number of ether oxygens (including phenoxy) is 1. The van der Waals surface area contributed by atoms with Gasteiger partial charge in [-0.15, -0.1) is 0 Å². The first-order chi connectivity index (χ1) is 6.38. The van der Waals surface area contributed by atoms with Gasteiger partial charge in [0.15, 0.2) is 0 Å². The van der Waals surface area contributed by atoms with E-state index in [0.717, 1.165) is 11.8 Å². The Balaban J connectivity index is 2.32. The van der Waals surface area contributed by atoms with Gasteiger partial charge in [0.25, 0.3) is 5.24 Å². The zero-order valence-electron chi connectivity index (χ0n) is 8.62. The van der Waals surface area contributed by atoms with Gasteiger partial charge in [-0.2, -0.15) is 0 Å². The predicted octanol–water partition coefficient (Wildman–Crippen LogP) is 1.23. The second-order valence-electron chi connectivity index (χ2n) is 4.46. The number of rotatable bonds is 3. The van der Waals surface area contributed by atoms with Crippen molar-refractivity contribution >= 4 is 31.0 Å². The lowest BCUT2D eigenvalue weighted by atomic mass is 10.3. The van der Waals surface area contributed by atoms with Gasteiger partial charge in [0, 0.05) is 5.75 Å². The fourth-order valence-electron chi connectivity index (χ4n) is 0.900. The van der Waals surface area contributed by atoms with Gasteiger partial charge in [-0.3, -0.25) is 4.79 Å². The van der Waals surface area contributed by atoms with Gasteiger partial charge < -0.3 is 10.1 Å². The molecule has 0 aromatic heterocycles. The standard InChI is InChI=1S/C8H15NO3SSi/c1-14(2,3)5-12-7(10)6-4-13-8(11)9-6/h6H,4-5H2,1-3H3,(H,9,11). The molecule has 0 aromatic carbocycles. The molecule has 0 bridgehead atoms. The molecule has 0 spiro atoms. The number of nitrogens with one attached hydrogen (secondary N) is 1. The van der Waals surface area contributed by atoms with Crippen LogP contribution in [-0.2, 0) is 9.53 Å². The smallest absolute Gasteiger partial charge is 0.329 e. The van der Waals surface area contributed by atoms with E-state index in [1.54, 1.807) is 0 Å². The van der Waals surface area contributed by atoms with Crippen molar-refractivity contribution in [1.82, 2.24) is 5.32 Å². The van der Waals surface area contributed by atoms with E-state index >= 15 is 0 Å². The van der Waals surface area contributed by atoms with Crippen LogP contribution in [0.15, 0.2) is 0 Å². The Kier molecular flexibility index (Phi) is 3.60. The van der Waals surface area contributed by atoms with Gasteiger partial charge in [-0.25, -0.2) is 4.79 Å². The molecule has 1 atom stereocenters. The lowest BCUT2D eigenvalue weighted by Crippen LogP contribution is -2.39. The molecule has 1 heterocycles. The van der Waals surface area contributed by atoms with Gasteiger partial charge in [-0.05, 0) is 0 Å². The summed E-state index contributed by atoms with van der Waals surface area (Å²) in [7, 11) is -1.35. The first-order valence-electron chi connectivity index (χ1n) is 4.48. The van der Waals surface area contributed by atoms with Crippen LogP contribution in [0.25, 0.3) is 0 Å². The maximum Gasteiger partial charge on any atom is 0.329 e. The van der Waals surface area contributed by atoms with E-state index in [1.165, 1.54) is 0 Å². The molecular formula is C8H15NO3SSi. The number of carbonyl (C=O) groups is 2. The maximum atomic E-state index is 11.4. The maximum absolute atomic E-state index is 11.4. The Morgan fingerprint density at radius 2 is 2.29 bits per heavy atom. The SMILES string of the molecule is C[Si](C)(C)COC(=O)C1CSC(=O)N1. The minimum Gasteiger partial charge on any atom is -0.468 e. The van der Waals surface area contributed by atoms with Crippen LogP contribution in [0, 0.1) is 0 Å². The van der Waals surface area contributed by atoms with Crippen molar-refractivity contribution in [3.8, 4) is 0 Å². The fourth-order valence-corrected chi connectivity index (χ4v) is 2.24. The van der Waals surface area contributed by atoms with E-state index in [-0.39, 0.29) is 11.2 Å². The second-order valence-corrected chi connectivity index (χ2v) is 10.9. The van der Waals surface area contributed by atoms with Gasteiger partial charge in [0.05, 0.1) is 14.3 Å². The normalized spacial score (nSPS) is 21.9. The zero-order valence-corrected chi connectivity index (χ0v) is 10.4. The van der Waals surface area contributed by atoms with Crippen LogP contribution in [0.1, 0.15) is 0 Å². The van der Waals surface area contributed by atoms with Crippen molar-refractivity contribution in [3.63, 3.8) is 0 Å². The summed E-state index contributed by atoms with van der Waals surface area (Å²) in [6, 6.07) is -0.441. The van der Waals surface area contributed by atoms with Crippen molar-refractivity contribution in [2.75, 3.05) is 12.0 Å². The topological polar surface area (TPSA) is 55.4 Å². The summed E-state index contributed by atoms with van der Waals surface area (Å²) in [5.41, 5.74) is 0. The van der Waals surface area contributed by atoms with E-state index in [0.29, 0.717) is 12.0 Å². The minimum absolute atomic E-state index is 0.139. The Morgan fingerprint density at radius 3 is 2.71 bits per heavy atom. The summed E-state index contributed by atoms with van der Waals surface area (Å²) in [6.07, 6.45) is 0.517. The van der Waals surface area contributed by atoms with E-state index in [4.69, 9.17) is 4.74 Å². The number of thioether (sulfide) groups is 1. The van der Waals surface area contributed by atoms with Crippen LogP contribution < -0.4 is 5.32 Å². The molecule has 0 saturated carbocycles. The van der Waals surface area contributed by atoms with E-state index < -0.39 is 14.1 Å². The molecule has 0 aromatic rings. The highest BCUT2D eigenvalue weighted by atomic mass is 32.2. The molecule has 4 nitrogen and oxygen atoms in total. The van der Waals surface area contributed by atoms with Crippen LogP contribution in [0.3, 0.4) is 0 Å². The molecule has 0 radical (unpaired) electrons. The lowest BCUT2D eigenvalue weighted by Gasteiger charge is -2.17. The average molecular weight is 233 g/mol. The highest BCUT2D eigenvalue weighted by molar-refractivity contribution is 8.14. The molecule has 14 heavy (non-hydrogen) atoms. The van der Waals surface area contributed by atoms with E-state index in [9.17, 15) is 9.59 Å². The highest BCUT2D eigenvalue weighted by Crippen LogP contribution is 2.14. The number of carbonyl (C=O) groups excluding carboxylic acids is 2. The number of hydrogen-bond acceptors (Lipinski definition) is 4. The van der Waals surface area contributed by atoms with Crippen molar-refractivity contribution in [3.05, 3.63) is 0 Å². The van der Waals surface area contributed by atoms with Crippen LogP contribution in [0.2, 0.25) is 19.6 Å². The molecule has 1 saturated heterocycles. The summed E-state index contributed by atoms with van der Waals surface area (Å²) in [5.74, 6) is 0.189. The molecule has 1 unspecified atom stereocenters. The Morgan fingerprint density at radius 1 is 1.64 bits per heavy atom. The van der Waals surface area contributed by atoms with Gasteiger partial charge in [0.2, 0.25) is 0 Å². The Hall–Kier alpha value is -0.493. The summed E-state index contributed by atoms with van der Waals surface area (Å²) in [4.78, 5) is 22.2. The molecule has 0 aliphatic carbocycles. The predicted molar refractivity (Wildman–Crippen MR) is 59.1 cm³/mol. The van der Waals surface area contributed by atoms with Crippen molar-refractivity contribution in [1.29, 1.82) is 0 Å².